The SMILES string of the molecule is CCOC1([N+](=O)[O-])C=NC(C(=O)O)=CC1. The molecule has 0 saturated heterocycles. The third-order valence-electron chi connectivity index (χ3n) is 1.92. The van der Waals surface area contributed by atoms with Crippen LogP contribution in [0.4, 0.5) is 0 Å². The third kappa shape index (κ3) is 2.18. The minimum absolute atomic E-state index is 0.126. The van der Waals surface area contributed by atoms with Crippen LogP contribution in [-0.4, -0.2) is 34.5 Å². The first kappa shape index (κ1) is 11.3. The maximum atomic E-state index is 10.8. The minimum Gasteiger partial charge on any atom is -0.477 e. The quantitative estimate of drug-likeness (QED) is 0.415. The topological polar surface area (TPSA) is 102 Å². The maximum absolute atomic E-state index is 10.8. The first-order valence-corrected chi connectivity index (χ1v) is 4.29. The Morgan fingerprint density at radius 2 is 2.53 bits per heavy atom. The van der Waals surface area contributed by atoms with Gasteiger partial charge in [0.05, 0.1) is 18.0 Å². The van der Waals surface area contributed by atoms with E-state index in [1.54, 1.807) is 6.92 Å². The van der Waals surface area contributed by atoms with Crippen molar-refractivity contribution in [3.05, 3.63) is 21.9 Å². The van der Waals surface area contributed by atoms with Crippen molar-refractivity contribution in [3.63, 3.8) is 0 Å². The van der Waals surface area contributed by atoms with Gasteiger partial charge in [0, 0.05) is 0 Å². The van der Waals surface area contributed by atoms with E-state index in [2.05, 4.69) is 4.99 Å². The van der Waals surface area contributed by atoms with Gasteiger partial charge in [0.1, 0.15) is 11.9 Å². The van der Waals surface area contributed by atoms with Crippen LogP contribution < -0.4 is 0 Å². The highest BCUT2D eigenvalue weighted by atomic mass is 16.7. The summed E-state index contributed by atoms with van der Waals surface area (Å²) in [5.74, 6) is -1.21. The molecule has 0 amide bonds. The highest BCUT2D eigenvalue weighted by Gasteiger charge is 2.43. The molecule has 7 nitrogen and oxygen atoms in total. The molecule has 0 bridgehead atoms. The number of aliphatic imine (C=N–C) groups is 1. The van der Waals surface area contributed by atoms with Crippen LogP contribution in [0.15, 0.2) is 16.8 Å². The van der Waals surface area contributed by atoms with Gasteiger partial charge < -0.3 is 9.84 Å². The molecule has 1 aliphatic rings. The lowest BCUT2D eigenvalue weighted by molar-refractivity contribution is -0.602. The van der Waals surface area contributed by atoms with E-state index in [-0.39, 0.29) is 18.7 Å². The van der Waals surface area contributed by atoms with E-state index >= 15 is 0 Å². The number of nitrogens with zero attached hydrogens (tertiary/aromatic N) is 2. The van der Waals surface area contributed by atoms with Crippen molar-refractivity contribution in [1.29, 1.82) is 0 Å². The molecule has 0 aliphatic carbocycles. The summed E-state index contributed by atoms with van der Waals surface area (Å²) < 4.78 is 4.97. The van der Waals surface area contributed by atoms with Gasteiger partial charge in [-0.15, -0.1) is 0 Å². The first-order chi connectivity index (χ1) is 7.02. The van der Waals surface area contributed by atoms with Gasteiger partial charge in [0.25, 0.3) is 0 Å². The van der Waals surface area contributed by atoms with Crippen LogP contribution >= 0.6 is 0 Å². The molecule has 82 valence electrons. The highest BCUT2D eigenvalue weighted by Crippen LogP contribution is 2.21. The molecule has 0 radical (unpaired) electrons. The van der Waals surface area contributed by atoms with Crippen LogP contribution in [-0.2, 0) is 9.53 Å². The summed E-state index contributed by atoms with van der Waals surface area (Å²) in [6.07, 6.45) is 1.99. The molecular formula is C8H10N2O5. The smallest absolute Gasteiger partial charge is 0.364 e. The second-order valence-electron chi connectivity index (χ2n) is 2.89. The van der Waals surface area contributed by atoms with Gasteiger partial charge in [-0.2, -0.15) is 0 Å². The van der Waals surface area contributed by atoms with Gasteiger partial charge in [0.2, 0.25) is 0 Å². The number of ether oxygens (including phenoxy) is 1. The molecule has 7 heteroatoms. The molecule has 0 aromatic heterocycles. The van der Waals surface area contributed by atoms with Crippen molar-refractivity contribution >= 4 is 12.2 Å². The largest absolute Gasteiger partial charge is 0.477 e. The number of hydrogen-bond acceptors (Lipinski definition) is 5. The number of aliphatic carboxylic acids is 1. The fraction of sp³-hybridized carbons (Fsp3) is 0.500. The van der Waals surface area contributed by atoms with E-state index in [4.69, 9.17) is 9.84 Å². The van der Waals surface area contributed by atoms with Gasteiger partial charge in [-0.1, -0.05) is 0 Å². The van der Waals surface area contributed by atoms with Gasteiger partial charge in [0.15, 0.2) is 0 Å². The van der Waals surface area contributed by atoms with E-state index in [0.29, 0.717) is 0 Å². The molecule has 15 heavy (non-hydrogen) atoms. The Bertz CT molecular complexity index is 349. The zero-order valence-electron chi connectivity index (χ0n) is 8.04. The second-order valence-corrected chi connectivity index (χ2v) is 2.89. The van der Waals surface area contributed by atoms with Crippen molar-refractivity contribution < 1.29 is 19.6 Å². The molecule has 1 aliphatic heterocycles. The Kier molecular flexibility index (Phi) is 3.15. The van der Waals surface area contributed by atoms with Crippen molar-refractivity contribution in [3.8, 4) is 0 Å². The van der Waals surface area contributed by atoms with Crippen molar-refractivity contribution in [2.75, 3.05) is 6.61 Å². The second kappa shape index (κ2) is 4.18. The van der Waals surface area contributed by atoms with Gasteiger partial charge in [-0.25, -0.2) is 9.79 Å². The van der Waals surface area contributed by atoms with Crippen LogP contribution in [0.25, 0.3) is 0 Å². The number of carbonyl (C=O) groups is 1. The molecule has 0 aromatic carbocycles. The van der Waals surface area contributed by atoms with Crippen molar-refractivity contribution in [1.82, 2.24) is 0 Å². The summed E-state index contributed by atoms with van der Waals surface area (Å²) in [5.41, 5.74) is -1.92. The predicted octanol–water partition coefficient (Wildman–Crippen LogP) is 0.439. The third-order valence-corrected chi connectivity index (χ3v) is 1.92. The van der Waals surface area contributed by atoms with Gasteiger partial charge in [-0.05, 0) is 13.0 Å². The Labute approximate surface area is 85.2 Å². The maximum Gasteiger partial charge on any atom is 0.364 e. The summed E-state index contributed by atoms with van der Waals surface area (Å²) in [4.78, 5) is 24.1. The van der Waals surface area contributed by atoms with E-state index in [1.165, 1.54) is 6.08 Å². The van der Waals surface area contributed by atoms with Crippen molar-refractivity contribution in [2.24, 2.45) is 4.99 Å². The lowest BCUT2D eigenvalue weighted by Crippen LogP contribution is -2.44. The van der Waals surface area contributed by atoms with Crippen LogP contribution in [0.2, 0.25) is 0 Å². The number of carboxylic acid groups (broad SMARTS) is 1. The predicted molar refractivity (Wildman–Crippen MR) is 50.2 cm³/mol. The van der Waals surface area contributed by atoms with E-state index in [0.717, 1.165) is 6.21 Å². The minimum atomic E-state index is -1.71. The number of rotatable bonds is 4. The van der Waals surface area contributed by atoms with E-state index in [9.17, 15) is 14.9 Å². The average molecular weight is 214 g/mol. The molecular weight excluding hydrogens is 204 g/mol. The van der Waals surface area contributed by atoms with Gasteiger partial charge in [-0.3, -0.25) is 10.1 Å². The summed E-state index contributed by atoms with van der Waals surface area (Å²) in [6.45, 7) is 1.78. The summed E-state index contributed by atoms with van der Waals surface area (Å²) in [6, 6.07) is 0. The number of nitro groups is 1. The molecule has 1 rings (SSSR count). The Morgan fingerprint density at radius 1 is 1.87 bits per heavy atom. The molecule has 0 saturated carbocycles. The molecule has 1 heterocycles. The molecule has 1 atom stereocenters. The summed E-state index contributed by atoms with van der Waals surface area (Å²) >= 11 is 0. The van der Waals surface area contributed by atoms with Crippen molar-refractivity contribution in [2.45, 2.75) is 19.1 Å². The Hall–Kier alpha value is -1.76. The summed E-state index contributed by atoms with van der Waals surface area (Å²) in [5, 5.41) is 19.3. The van der Waals surface area contributed by atoms with E-state index in [1.807, 2.05) is 0 Å². The zero-order chi connectivity index (χ0) is 11.5. The number of carboxylic acids is 1. The fourth-order valence-corrected chi connectivity index (χ4v) is 1.18. The van der Waals surface area contributed by atoms with Crippen LogP contribution in [0.3, 0.4) is 0 Å². The lowest BCUT2D eigenvalue weighted by atomic mass is 10.1. The zero-order valence-corrected chi connectivity index (χ0v) is 8.04. The van der Waals surface area contributed by atoms with Crippen LogP contribution in [0.1, 0.15) is 13.3 Å². The summed E-state index contributed by atoms with van der Waals surface area (Å²) in [7, 11) is 0. The lowest BCUT2D eigenvalue weighted by Gasteiger charge is -2.21. The normalized spacial score (nSPS) is 24.7. The molecule has 1 unspecified atom stereocenters. The molecule has 0 spiro atoms. The number of hydrogen-bond donors (Lipinski definition) is 1. The Morgan fingerprint density at radius 3 is 2.87 bits per heavy atom. The fourth-order valence-electron chi connectivity index (χ4n) is 1.18. The molecule has 1 N–H and O–H groups in total. The first-order valence-electron chi connectivity index (χ1n) is 4.29. The van der Waals surface area contributed by atoms with E-state index < -0.39 is 16.6 Å². The highest BCUT2D eigenvalue weighted by molar-refractivity contribution is 5.90. The monoisotopic (exact) mass is 214 g/mol. The van der Waals surface area contributed by atoms with Gasteiger partial charge >= 0.3 is 11.7 Å². The van der Waals surface area contributed by atoms with Crippen LogP contribution in [0.5, 0.6) is 0 Å². The average Bonchev–Trinajstić information content (AvgIpc) is 2.18. The molecule has 0 aromatic rings. The standard InChI is InChI=1S/C8H10N2O5/c1-2-15-8(10(13)14)4-3-6(7(11)12)9-5-8/h3,5H,2,4H2,1H3,(H,11,12). The van der Waals surface area contributed by atoms with Crippen LogP contribution in [0, 0.1) is 10.1 Å². The molecule has 0 fully saturated rings. The Balaban J connectivity index is 2.89.